The van der Waals surface area contributed by atoms with Gasteiger partial charge in [0.15, 0.2) is 5.58 Å². The number of carbonyl (C=O) groups excluding carboxylic acids is 1. The molecule has 1 heterocycles. The number of fused-ring (bicyclic) bond motifs is 1. The Balaban J connectivity index is 2.24. The molecule has 0 bridgehead atoms. The molecule has 0 aliphatic rings. The van der Waals surface area contributed by atoms with Crippen LogP contribution >= 0.6 is 0 Å². The molecular formula is C10H12N4O3. The Bertz CT molecular complexity index is 601. The number of hydrogen-bond donors (Lipinski definition) is 4. The van der Waals surface area contributed by atoms with Crippen LogP contribution in [0.2, 0.25) is 0 Å². The van der Waals surface area contributed by atoms with Crippen LogP contribution in [-0.2, 0) is 11.2 Å². The van der Waals surface area contributed by atoms with Crippen LogP contribution in [0.3, 0.4) is 0 Å². The molecule has 0 saturated heterocycles. The van der Waals surface area contributed by atoms with E-state index < -0.39 is 17.7 Å². The maximum atomic E-state index is 11.1. The fourth-order valence-electron chi connectivity index (χ4n) is 1.58. The Hall–Kier alpha value is -2.12. The van der Waals surface area contributed by atoms with Gasteiger partial charge in [0.2, 0.25) is 0 Å². The Morgan fingerprint density at radius 3 is 3.00 bits per heavy atom. The van der Waals surface area contributed by atoms with Gasteiger partial charge < -0.3 is 10.2 Å². The van der Waals surface area contributed by atoms with Crippen molar-refractivity contribution in [3.63, 3.8) is 0 Å². The number of hydrogen-bond acceptors (Lipinski definition) is 5. The first kappa shape index (κ1) is 11.4. The van der Waals surface area contributed by atoms with E-state index in [0.717, 1.165) is 5.56 Å². The predicted octanol–water partition coefficient (Wildman–Crippen LogP) is -1.02. The summed E-state index contributed by atoms with van der Waals surface area (Å²) in [6.45, 7) is 0. The summed E-state index contributed by atoms with van der Waals surface area (Å²) in [6.07, 6.45) is 0.326. The number of aromatic nitrogens is 1. The van der Waals surface area contributed by atoms with E-state index in [0.29, 0.717) is 17.5 Å². The van der Waals surface area contributed by atoms with Gasteiger partial charge in [-0.3, -0.25) is 15.2 Å². The van der Waals surface area contributed by atoms with Crippen molar-refractivity contribution < 1.29 is 9.21 Å². The second-order valence-corrected chi connectivity index (χ2v) is 3.66. The Morgan fingerprint density at radius 2 is 2.29 bits per heavy atom. The van der Waals surface area contributed by atoms with E-state index in [1.165, 1.54) is 0 Å². The fourth-order valence-corrected chi connectivity index (χ4v) is 1.58. The molecular weight excluding hydrogens is 224 g/mol. The second-order valence-electron chi connectivity index (χ2n) is 3.66. The Kier molecular flexibility index (Phi) is 2.94. The molecule has 0 radical (unpaired) electrons. The van der Waals surface area contributed by atoms with Crippen molar-refractivity contribution in [2.75, 3.05) is 0 Å². The molecule has 1 amide bonds. The van der Waals surface area contributed by atoms with E-state index in [2.05, 4.69) is 4.98 Å². The van der Waals surface area contributed by atoms with Gasteiger partial charge in [-0.15, -0.1) is 0 Å². The number of nitrogens with one attached hydrogen (secondary N) is 2. The first-order valence-corrected chi connectivity index (χ1v) is 4.98. The number of benzene rings is 1. The van der Waals surface area contributed by atoms with E-state index in [-0.39, 0.29) is 0 Å². The number of aromatic amines is 1. The lowest BCUT2D eigenvalue weighted by atomic mass is 10.1. The lowest BCUT2D eigenvalue weighted by Gasteiger charge is -2.09. The topological polar surface area (TPSA) is 127 Å². The third-order valence-electron chi connectivity index (χ3n) is 2.42. The molecule has 2 rings (SSSR count). The minimum atomic E-state index is -0.726. The van der Waals surface area contributed by atoms with Crippen molar-refractivity contribution in [3.05, 3.63) is 34.3 Å². The molecule has 7 heteroatoms. The molecule has 1 aromatic heterocycles. The summed E-state index contributed by atoms with van der Waals surface area (Å²) in [5.41, 5.74) is 9.46. The summed E-state index contributed by atoms with van der Waals surface area (Å²) >= 11 is 0. The molecule has 0 spiro atoms. The summed E-state index contributed by atoms with van der Waals surface area (Å²) in [7, 11) is 0. The van der Waals surface area contributed by atoms with Crippen LogP contribution in [-0.4, -0.2) is 16.9 Å². The van der Waals surface area contributed by atoms with Gasteiger partial charge in [-0.05, 0) is 24.1 Å². The highest BCUT2D eigenvalue weighted by molar-refractivity contribution is 5.81. The molecule has 7 nitrogen and oxygen atoms in total. The van der Waals surface area contributed by atoms with Crippen molar-refractivity contribution in [2.45, 2.75) is 12.5 Å². The van der Waals surface area contributed by atoms with Gasteiger partial charge >= 0.3 is 5.76 Å². The Morgan fingerprint density at radius 1 is 1.53 bits per heavy atom. The monoisotopic (exact) mass is 236 g/mol. The van der Waals surface area contributed by atoms with Crippen LogP contribution in [0.5, 0.6) is 0 Å². The van der Waals surface area contributed by atoms with Crippen LogP contribution in [0.4, 0.5) is 0 Å². The summed E-state index contributed by atoms with van der Waals surface area (Å²) in [5, 5.41) is 0. The molecule has 0 saturated carbocycles. The van der Waals surface area contributed by atoms with Gasteiger partial charge in [0.05, 0.1) is 11.6 Å². The van der Waals surface area contributed by atoms with E-state index in [9.17, 15) is 9.59 Å². The molecule has 0 fully saturated rings. The zero-order valence-electron chi connectivity index (χ0n) is 8.90. The predicted molar refractivity (Wildman–Crippen MR) is 60.8 cm³/mol. The minimum absolute atomic E-state index is 0.326. The van der Waals surface area contributed by atoms with Gasteiger partial charge in [0.1, 0.15) is 0 Å². The lowest BCUT2D eigenvalue weighted by Crippen LogP contribution is -2.45. The molecule has 17 heavy (non-hydrogen) atoms. The van der Waals surface area contributed by atoms with Crippen LogP contribution in [0.25, 0.3) is 11.1 Å². The maximum absolute atomic E-state index is 11.1. The van der Waals surface area contributed by atoms with Crippen molar-refractivity contribution in [1.29, 1.82) is 0 Å². The van der Waals surface area contributed by atoms with Crippen LogP contribution < -0.4 is 22.8 Å². The largest absolute Gasteiger partial charge is 0.417 e. The zero-order valence-corrected chi connectivity index (χ0v) is 8.90. The van der Waals surface area contributed by atoms with Crippen molar-refractivity contribution in [3.8, 4) is 0 Å². The van der Waals surface area contributed by atoms with E-state index >= 15 is 0 Å². The summed E-state index contributed by atoms with van der Waals surface area (Å²) < 4.78 is 4.85. The molecule has 1 aromatic carbocycles. The van der Waals surface area contributed by atoms with Gasteiger partial charge in [0, 0.05) is 0 Å². The van der Waals surface area contributed by atoms with Gasteiger partial charge in [-0.1, -0.05) is 6.07 Å². The highest BCUT2D eigenvalue weighted by Gasteiger charge is 2.13. The quantitative estimate of drug-likeness (QED) is 0.308. The average Bonchev–Trinajstić information content (AvgIpc) is 2.67. The highest BCUT2D eigenvalue weighted by atomic mass is 16.4. The van der Waals surface area contributed by atoms with E-state index in [1.807, 2.05) is 5.43 Å². The van der Waals surface area contributed by atoms with Gasteiger partial charge in [0.25, 0.3) is 5.91 Å². The number of hydrazine groups is 1. The third kappa shape index (κ3) is 2.35. The number of nitrogens with two attached hydrogens (primary N) is 2. The molecule has 1 unspecified atom stereocenters. The smallest absolute Gasteiger partial charge is 0.408 e. The van der Waals surface area contributed by atoms with Crippen molar-refractivity contribution in [2.24, 2.45) is 11.6 Å². The lowest BCUT2D eigenvalue weighted by molar-refractivity contribution is -0.122. The highest BCUT2D eigenvalue weighted by Crippen LogP contribution is 2.13. The molecule has 2 aromatic rings. The zero-order chi connectivity index (χ0) is 12.4. The van der Waals surface area contributed by atoms with Crippen LogP contribution in [0, 0.1) is 0 Å². The first-order chi connectivity index (χ1) is 8.10. The summed E-state index contributed by atoms with van der Waals surface area (Å²) in [6, 6.07) is 4.37. The molecule has 90 valence electrons. The average molecular weight is 236 g/mol. The first-order valence-electron chi connectivity index (χ1n) is 4.98. The second kappa shape index (κ2) is 4.40. The molecule has 1 atom stereocenters. The van der Waals surface area contributed by atoms with Crippen molar-refractivity contribution >= 4 is 17.0 Å². The number of oxazole rings is 1. The van der Waals surface area contributed by atoms with Gasteiger partial charge in [-0.2, -0.15) is 0 Å². The number of rotatable bonds is 3. The van der Waals surface area contributed by atoms with Gasteiger partial charge in [-0.25, -0.2) is 10.6 Å². The molecule has 6 N–H and O–H groups in total. The Labute approximate surface area is 95.7 Å². The molecule has 0 aliphatic heterocycles. The number of H-pyrrole nitrogens is 1. The third-order valence-corrected chi connectivity index (χ3v) is 2.42. The number of amides is 1. The van der Waals surface area contributed by atoms with Crippen LogP contribution in [0.15, 0.2) is 27.4 Å². The van der Waals surface area contributed by atoms with E-state index in [1.54, 1.807) is 18.2 Å². The normalized spacial score (nSPS) is 12.6. The maximum Gasteiger partial charge on any atom is 0.417 e. The molecule has 0 aliphatic carbocycles. The standard InChI is InChI=1S/C10H12N4O3/c11-6(9(15)14-12)3-5-1-2-8-7(4-5)13-10(16)17-8/h1-2,4,6H,3,11-12H2,(H,13,16)(H,14,15). The van der Waals surface area contributed by atoms with E-state index in [4.69, 9.17) is 16.0 Å². The fraction of sp³-hybridized carbons (Fsp3) is 0.200. The summed E-state index contributed by atoms with van der Waals surface area (Å²) in [4.78, 5) is 24.6. The number of carbonyl (C=O) groups is 1. The SMILES string of the molecule is NNC(=O)C(N)Cc1ccc2oc(=O)[nH]c2c1. The van der Waals surface area contributed by atoms with Crippen LogP contribution in [0.1, 0.15) is 5.56 Å². The minimum Gasteiger partial charge on any atom is -0.408 e. The van der Waals surface area contributed by atoms with Crippen molar-refractivity contribution in [1.82, 2.24) is 10.4 Å². The summed E-state index contributed by atoms with van der Waals surface area (Å²) in [5.74, 6) is 4.03.